The summed E-state index contributed by atoms with van der Waals surface area (Å²) in [7, 11) is 0. The summed E-state index contributed by atoms with van der Waals surface area (Å²) in [6.45, 7) is 0. The molecule has 0 bridgehead atoms. The molecule has 0 aliphatic heterocycles. The van der Waals surface area contributed by atoms with Crippen LogP contribution in [0.15, 0.2) is 35.4 Å². The van der Waals surface area contributed by atoms with Crippen molar-refractivity contribution in [2.45, 2.75) is 0 Å². The van der Waals surface area contributed by atoms with E-state index < -0.39 is 28.0 Å². The molecule has 0 saturated heterocycles. The Bertz CT molecular complexity index is 1060. The smallest absolute Gasteiger partial charge is 0.311 e. The van der Waals surface area contributed by atoms with Gasteiger partial charge in [-0.3, -0.25) is 14.9 Å². The lowest BCUT2D eigenvalue weighted by Crippen LogP contribution is -2.17. The maximum Gasteiger partial charge on any atom is 0.311 e. The normalized spacial score (nSPS) is 11.1. The number of benzene rings is 2. The van der Waals surface area contributed by atoms with E-state index in [4.69, 9.17) is 5.73 Å². The number of fused-ring (bicyclic) bond motifs is 1. The maximum absolute atomic E-state index is 12.1. The molecule has 0 aliphatic rings. The van der Waals surface area contributed by atoms with Crippen molar-refractivity contribution in [2.75, 3.05) is 5.73 Å². The first kappa shape index (κ1) is 17.1. The number of thiazole rings is 1. The highest BCUT2D eigenvalue weighted by Gasteiger charge is 2.16. The number of amides is 1. The van der Waals surface area contributed by atoms with Gasteiger partial charge < -0.3 is 15.9 Å². The standard InChI is InChI=1S/C15H11N5O5S/c16-15-18-9-2-1-7(4-13(9)26-15)14(23)19-17-6-8-3-10(20(24)25)12(22)5-11(8)21/h1-6,21-22H,(H2,16,18)(H,19,23)/b17-6-. The molecule has 1 amide bonds. The number of rotatable bonds is 4. The van der Waals surface area contributed by atoms with Gasteiger partial charge in [-0.2, -0.15) is 5.10 Å². The summed E-state index contributed by atoms with van der Waals surface area (Å²) in [4.78, 5) is 26.2. The van der Waals surface area contributed by atoms with E-state index in [2.05, 4.69) is 15.5 Å². The van der Waals surface area contributed by atoms with E-state index in [1.807, 2.05) is 0 Å². The number of phenolic OH excluding ortho intramolecular Hbond substituents is 2. The lowest BCUT2D eigenvalue weighted by Gasteiger charge is -2.02. The lowest BCUT2D eigenvalue weighted by atomic mass is 10.2. The van der Waals surface area contributed by atoms with Gasteiger partial charge in [0.25, 0.3) is 5.91 Å². The van der Waals surface area contributed by atoms with Crippen molar-refractivity contribution in [2.24, 2.45) is 5.10 Å². The van der Waals surface area contributed by atoms with E-state index in [-0.39, 0.29) is 5.56 Å². The van der Waals surface area contributed by atoms with Gasteiger partial charge in [0.15, 0.2) is 10.9 Å². The molecular weight excluding hydrogens is 362 g/mol. The molecule has 2 aromatic carbocycles. The van der Waals surface area contributed by atoms with Crippen LogP contribution in [0.1, 0.15) is 15.9 Å². The highest BCUT2D eigenvalue weighted by molar-refractivity contribution is 7.22. The number of nitro benzene ring substituents is 1. The first-order valence-electron chi connectivity index (χ1n) is 7.05. The summed E-state index contributed by atoms with van der Waals surface area (Å²) in [5, 5.41) is 34.0. The van der Waals surface area contributed by atoms with E-state index >= 15 is 0 Å². The van der Waals surface area contributed by atoms with Crippen LogP contribution in [0.25, 0.3) is 10.2 Å². The molecule has 0 unspecified atom stereocenters. The first-order chi connectivity index (χ1) is 12.3. The number of nitrogens with one attached hydrogen (secondary N) is 1. The monoisotopic (exact) mass is 373 g/mol. The van der Waals surface area contributed by atoms with Crippen LogP contribution in [0.4, 0.5) is 10.8 Å². The zero-order chi connectivity index (χ0) is 18.8. The second kappa shape index (κ2) is 6.64. The molecule has 3 aromatic rings. The van der Waals surface area contributed by atoms with Crippen LogP contribution in [0.2, 0.25) is 0 Å². The minimum atomic E-state index is -0.805. The molecule has 0 radical (unpaired) electrons. The molecule has 10 nitrogen and oxygen atoms in total. The number of phenols is 2. The van der Waals surface area contributed by atoms with Gasteiger partial charge in [0.1, 0.15) is 5.75 Å². The largest absolute Gasteiger partial charge is 0.507 e. The average Bonchev–Trinajstić information content (AvgIpc) is 2.95. The SMILES string of the molecule is Nc1nc2ccc(C(=O)N/N=C\c3cc([N+](=O)[O-])c(O)cc3O)cc2s1. The van der Waals surface area contributed by atoms with Crippen LogP contribution in [0, 0.1) is 10.1 Å². The van der Waals surface area contributed by atoms with Gasteiger partial charge in [0.2, 0.25) is 0 Å². The number of nitrogens with zero attached hydrogens (tertiary/aromatic N) is 3. The molecule has 5 N–H and O–H groups in total. The van der Waals surface area contributed by atoms with Gasteiger partial charge in [-0.25, -0.2) is 10.4 Å². The molecule has 26 heavy (non-hydrogen) atoms. The number of nitrogen functional groups attached to an aromatic ring is 1. The fourth-order valence-corrected chi connectivity index (χ4v) is 2.91. The second-order valence-corrected chi connectivity index (χ2v) is 6.15. The van der Waals surface area contributed by atoms with E-state index in [0.29, 0.717) is 16.2 Å². The van der Waals surface area contributed by atoms with Gasteiger partial charge in [-0.15, -0.1) is 0 Å². The number of aromatic nitrogens is 1. The number of nitro groups is 1. The molecule has 132 valence electrons. The fraction of sp³-hybridized carbons (Fsp3) is 0. The van der Waals surface area contributed by atoms with E-state index in [9.17, 15) is 25.1 Å². The number of anilines is 1. The van der Waals surface area contributed by atoms with Crippen LogP contribution in [-0.2, 0) is 0 Å². The van der Waals surface area contributed by atoms with Gasteiger partial charge in [0, 0.05) is 23.3 Å². The van der Waals surface area contributed by atoms with Crippen molar-refractivity contribution in [1.29, 1.82) is 0 Å². The summed E-state index contributed by atoms with van der Waals surface area (Å²) < 4.78 is 0.742. The Kier molecular flexibility index (Phi) is 4.37. The highest BCUT2D eigenvalue weighted by Crippen LogP contribution is 2.32. The van der Waals surface area contributed by atoms with Crippen molar-refractivity contribution in [1.82, 2.24) is 10.4 Å². The zero-order valence-corrected chi connectivity index (χ0v) is 13.7. The molecule has 0 saturated carbocycles. The number of hydrogen-bond donors (Lipinski definition) is 4. The summed E-state index contributed by atoms with van der Waals surface area (Å²) >= 11 is 1.24. The summed E-state index contributed by atoms with van der Waals surface area (Å²) in [6, 6.07) is 6.57. The van der Waals surface area contributed by atoms with Crippen LogP contribution in [-0.4, -0.2) is 32.2 Å². The topological polar surface area (TPSA) is 164 Å². The molecule has 0 fully saturated rings. The minimum Gasteiger partial charge on any atom is -0.507 e. The van der Waals surface area contributed by atoms with Crippen LogP contribution in [0.3, 0.4) is 0 Å². The van der Waals surface area contributed by atoms with Crippen LogP contribution < -0.4 is 11.2 Å². The van der Waals surface area contributed by atoms with Gasteiger partial charge in [-0.05, 0) is 18.2 Å². The average molecular weight is 373 g/mol. The number of aromatic hydroxyl groups is 2. The predicted molar refractivity (Wildman–Crippen MR) is 95.5 cm³/mol. The fourth-order valence-electron chi connectivity index (χ4n) is 2.14. The summed E-state index contributed by atoms with van der Waals surface area (Å²) in [6.07, 6.45) is 1.03. The molecular formula is C15H11N5O5S. The minimum absolute atomic E-state index is 0.0412. The molecule has 0 aliphatic carbocycles. The zero-order valence-electron chi connectivity index (χ0n) is 12.9. The van der Waals surface area contributed by atoms with Crippen molar-refractivity contribution < 1.29 is 19.9 Å². The number of hydrazone groups is 1. The Balaban J connectivity index is 1.78. The highest BCUT2D eigenvalue weighted by atomic mass is 32.1. The first-order valence-corrected chi connectivity index (χ1v) is 7.86. The number of carbonyl (C=O) groups excluding carboxylic acids is 1. The Morgan fingerprint density at radius 2 is 2.08 bits per heavy atom. The summed E-state index contributed by atoms with van der Waals surface area (Å²) in [5.41, 5.74) is 8.22. The third kappa shape index (κ3) is 3.37. The quantitative estimate of drug-likeness (QED) is 0.308. The Hall–Kier alpha value is -3.73. The van der Waals surface area contributed by atoms with Gasteiger partial charge in [0.05, 0.1) is 21.4 Å². The molecule has 0 spiro atoms. The maximum atomic E-state index is 12.1. The third-order valence-corrected chi connectivity index (χ3v) is 4.20. The molecule has 1 aromatic heterocycles. The molecule has 1 heterocycles. The molecule has 0 atom stereocenters. The number of nitrogens with two attached hydrogens (primary N) is 1. The predicted octanol–water partition coefficient (Wildman–Crippen LogP) is 1.96. The second-order valence-electron chi connectivity index (χ2n) is 5.09. The van der Waals surface area contributed by atoms with E-state index in [1.54, 1.807) is 18.2 Å². The Morgan fingerprint density at radius 3 is 2.81 bits per heavy atom. The van der Waals surface area contributed by atoms with Crippen molar-refractivity contribution in [3.8, 4) is 11.5 Å². The van der Waals surface area contributed by atoms with E-state index in [0.717, 1.165) is 23.0 Å². The number of hydrogen-bond acceptors (Lipinski definition) is 9. The van der Waals surface area contributed by atoms with Crippen LogP contribution in [0.5, 0.6) is 11.5 Å². The Labute approximate surface area is 149 Å². The van der Waals surface area contributed by atoms with Crippen molar-refractivity contribution in [3.05, 3.63) is 51.6 Å². The van der Waals surface area contributed by atoms with Crippen LogP contribution >= 0.6 is 11.3 Å². The lowest BCUT2D eigenvalue weighted by molar-refractivity contribution is -0.385. The number of carbonyl (C=O) groups is 1. The molecule has 3 rings (SSSR count). The van der Waals surface area contributed by atoms with Gasteiger partial charge >= 0.3 is 5.69 Å². The van der Waals surface area contributed by atoms with E-state index in [1.165, 1.54) is 11.3 Å². The third-order valence-electron chi connectivity index (χ3n) is 3.36. The van der Waals surface area contributed by atoms with Gasteiger partial charge in [-0.1, -0.05) is 11.3 Å². The Morgan fingerprint density at radius 1 is 1.31 bits per heavy atom. The van der Waals surface area contributed by atoms with Crippen molar-refractivity contribution in [3.63, 3.8) is 0 Å². The summed E-state index contributed by atoms with van der Waals surface area (Å²) in [5.74, 6) is -1.62. The molecule has 11 heteroatoms. The van der Waals surface area contributed by atoms with Crippen molar-refractivity contribution >= 4 is 44.5 Å².